The zero-order valence-electron chi connectivity index (χ0n) is 12.3. The first-order valence-electron chi connectivity index (χ1n) is 6.75. The summed E-state index contributed by atoms with van der Waals surface area (Å²) in [6.45, 7) is 8.20. The van der Waals surface area contributed by atoms with Crippen LogP contribution in [-0.4, -0.2) is 12.8 Å². The smallest absolute Gasteiger partial charge is 0.138 e. The quantitative estimate of drug-likeness (QED) is 0.544. The number of rotatable bonds is 5. The van der Waals surface area contributed by atoms with Gasteiger partial charge < -0.3 is 4.74 Å². The number of aliphatic imine (C=N–C) groups is 1. The van der Waals surface area contributed by atoms with Crippen molar-refractivity contribution in [3.8, 4) is 5.75 Å². The highest BCUT2D eigenvalue weighted by molar-refractivity contribution is 6.32. The van der Waals surface area contributed by atoms with Crippen LogP contribution in [0.3, 0.4) is 0 Å². The van der Waals surface area contributed by atoms with Gasteiger partial charge in [0.25, 0.3) is 0 Å². The van der Waals surface area contributed by atoms with Gasteiger partial charge in [-0.05, 0) is 54.8 Å². The molecule has 0 radical (unpaired) electrons. The molecule has 0 spiro atoms. The molecule has 0 aliphatic rings. The summed E-state index contributed by atoms with van der Waals surface area (Å²) in [5, 5.41) is 0.571. The van der Waals surface area contributed by atoms with Crippen LogP contribution in [0.25, 0.3) is 0 Å². The summed E-state index contributed by atoms with van der Waals surface area (Å²) < 4.78 is 5.44. The van der Waals surface area contributed by atoms with E-state index in [2.05, 4.69) is 31.5 Å². The second-order valence-corrected chi connectivity index (χ2v) is 5.17. The highest BCUT2D eigenvalue weighted by Crippen LogP contribution is 2.26. The van der Waals surface area contributed by atoms with E-state index in [9.17, 15) is 0 Å². The molecule has 2 aromatic rings. The average Bonchev–Trinajstić information content (AvgIpc) is 2.48. The molecule has 0 N–H and O–H groups in total. The van der Waals surface area contributed by atoms with Crippen molar-refractivity contribution in [1.82, 2.24) is 0 Å². The van der Waals surface area contributed by atoms with Gasteiger partial charge in [0.05, 0.1) is 10.7 Å². The summed E-state index contributed by atoms with van der Waals surface area (Å²) in [6.07, 6.45) is 3.50. The molecule has 108 valence electrons. The van der Waals surface area contributed by atoms with Gasteiger partial charge in [-0.15, -0.1) is 0 Å². The predicted molar refractivity (Wildman–Crippen MR) is 90.3 cm³/mol. The number of aryl methyl sites for hydroxylation is 1. The molecule has 0 aromatic heterocycles. The van der Waals surface area contributed by atoms with Gasteiger partial charge >= 0.3 is 0 Å². The molecule has 0 saturated heterocycles. The maximum Gasteiger partial charge on any atom is 0.138 e. The van der Waals surface area contributed by atoms with E-state index in [1.54, 1.807) is 6.08 Å². The third-order valence-electron chi connectivity index (χ3n) is 3.24. The van der Waals surface area contributed by atoms with Crippen LogP contribution in [0, 0.1) is 13.8 Å². The molecule has 0 aliphatic heterocycles. The number of ether oxygens (including phenoxy) is 1. The fourth-order valence-electron chi connectivity index (χ4n) is 1.88. The van der Waals surface area contributed by atoms with Gasteiger partial charge in [-0.3, -0.25) is 4.99 Å². The van der Waals surface area contributed by atoms with Gasteiger partial charge in [0, 0.05) is 6.21 Å². The summed E-state index contributed by atoms with van der Waals surface area (Å²) in [6, 6.07) is 11.7. The van der Waals surface area contributed by atoms with E-state index >= 15 is 0 Å². The van der Waals surface area contributed by atoms with E-state index in [0.717, 1.165) is 11.3 Å². The molecule has 0 atom stereocenters. The molecule has 2 aromatic carbocycles. The second kappa shape index (κ2) is 7.09. The van der Waals surface area contributed by atoms with Crippen molar-refractivity contribution in [3.05, 3.63) is 70.8 Å². The van der Waals surface area contributed by atoms with E-state index in [1.807, 2.05) is 36.5 Å². The van der Waals surface area contributed by atoms with Gasteiger partial charge in [0.2, 0.25) is 0 Å². The Kier molecular flexibility index (Phi) is 5.18. The second-order valence-electron chi connectivity index (χ2n) is 4.77. The summed E-state index contributed by atoms with van der Waals surface area (Å²) in [5.41, 5.74) is 4.33. The van der Waals surface area contributed by atoms with Crippen molar-refractivity contribution < 1.29 is 4.74 Å². The maximum atomic E-state index is 6.18. The highest BCUT2D eigenvalue weighted by Gasteiger charge is 2.02. The van der Waals surface area contributed by atoms with E-state index in [0.29, 0.717) is 17.4 Å². The summed E-state index contributed by atoms with van der Waals surface area (Å²) in [7, 11) is 0. The normalized spacial score (nSPS) is 10.8. The lowest BCUT2D eigenvalue weighted by Gasteiger charge is -2.06. The molecular weight excluding hydrogens is 282 g/mol. The Morgan fingerprint density at radius 3 is 2.76 bits per heavy atom. The Balaban J connectivity index is 2.19. The number of hydrogen-bond acceptors (Lipinski definition) is 2. The van der Waals surface area contributed by atoms with E-state index in [-0.39, 0.29) is 0 Å². The van der Waals surface area contributed by atoms with Crippen molar-refractivity contribution in [2.24, 2.45) is 4.99 Å². The number of hydrogen-bond donors (Lipinski definition) is 0. The Labute approximate surface area is 130 Å². The molecule has 3 heteroatoms. The van der Waals surface area contributed by atoms with Crippen LogP contribution in [0.4, 0.5) is 5.69 Å². The minimum atomic E-state index is 0.440. The van der Waals surface area contributed by atoms with Gasteiger partial charge in [-0.1, -0.05) is 36.4 Å². The zero-order valence-corrected chi connectivity index (χ0v) is 13.0. The SMILES string of the molecule is C=CCOc1ccc(C=Nc2cccc(C)c2C)cc1Cl. The van der Waals surface area contributed by atoms with Crippen molar-refractivity contribution in [3.63, 3.8) is 0 Å². The van der Waals surface area contributed by atoms with Gasteiger partial charge in [-0.2, -0.15) is 0 Å². The van der Waals surface area contributed by atoms with Crippen LogP contribution < -0.4 is 4.74 Å². The molecule has 0 amide bonds. The topological polar surface area (TPSA) is 21.6 Å². The Bertz CT molecular complexity index is 677. The fourth-order valence-corrected chi connectivity index (χ4v) is 2.13. The van der Waals surface area contributed by atoms with E-state index in [4.69, 9.17) is 16.3 Å². The lowest BCUT2D eigenvalue weighted by Crippen LogP contribution is -1.94. The molecular formula is C18H18ClNO. The minimum absolute atomic E-state index is 0.440. The van der Waals surface area contributed by atoms with E-state index < -0.39 is 0 Å². The molecule has 0 unspecified atom stereocenters. The number of halogens is 1. The molecule has 21 heavy (non-hydrogen) atoms. The van der Waals surface area contributed by atoms with Crippen LogP contribution in [0.2, 0.25) is 5.02 Å². The third kappa shape index (κ3) is 3.96. The summed E-state index contributed by atoms with van der Waals surface area (Å²) in [4.78, 5) is 4.53. The maximum absolute atomic E-state index is 6.18. The van der Waals surface area contributed by atoms with Gasteiger partial charge in [0.1, 0.15) is 12.4 Å². The molecule has 2 nitrogen and oxygen atoms in total. The summed E-state index contributed by atoms with van der Waals surface area (Å²) >= 11 is 6.18. The Morgan fingerprint density at radius 1 is 1.24 bits per heavy atom. The van der Waals surface area contributed by atoms with Crippen molar-refractivity contribution in [2.45, 2.75) is 13.8 Å². The largest absolute Gasteiger partial charge is 0.488 e. The van der Waals surface area contributed by atoms with Crippen LogP contribution in [0.15, 0.2) is 54.0 Å². The molecule has 0 saturated carbocycles. The van der Waals surface area contributed by atoms with Crippen LogP contribution >= 0.6 is 11.6 Å². The number of nitrogens with zero attached hydrogens (tertiary/aromatic N) is 1. The summed E-state index contributed by atoms with van der Waals surface area (Å²) in [5.74, 6) is 0.653. The third-order valence-corrected chi connectivity index (χ3v) is 3.54. The van der Waals surface area contributed by atoms with Crippen LogP contribution in [-0.2, 0) is 0 Å². The number of benzene rings is 2. The average molecular weight is 300 g/mol. The van der Waals surface area contributed by atoms with Crippen molar-refractivity contribution in [1.29, 1.82) is 0 Å². The molecule has 0 bridgehead atoms. The van der Waals surface area contributed by atoms with Gasteiger partial charge in [0.15, 0.2) is 0 Å². The molecule has 0 heterocycles. The van der Waals surface area contributed by atoms with Crippen LogP contribution in [0.5, 0.6) is 5.75 Å². The highest BCUT2D eigenvalue weighted by atomic mass is 35.5. The predicted octanol–water partition coefficient (Wildman–Crippen LogP) is 5.27. The lowest BCUT2D eigenvalue weighted by molar-refractivity contribution is 0.363. The fraction of sp³-hybridized carbons (Fsp3) is 0.167. The monoisotopic (exact) mass is 299 g/mol. The molecule has 0 fully saturated rings. The first-order valence-corrected chi connectivity index (χ1v) is 7.13. The van der Waals surface area contributed by atoms with Gasteiger partial charge in [-0.25, -0.2) is 0 Å². The Hall–Kier alpha value is -2.06. The van der Waals surface area contributed by atoms with Crippen LogP contribution in [0.1, 0.15) is 16.7 Å². The van der Waals surface area contributed by atoms with Crippen molar-refractivity contribution in [2.75, 3.05) is 6.61 Å². The van der Waals surface area contributed by atoms with Crippen molar-refractivity contribution >= 4 is 23.5 Å². The standard InChI is InChI=1S/C18H18ClNO/c1-4-10-21-18-9-8-15(11-16(18)19)12-20-17-7-5-6-13(2)14(17)3/h4-9,11-12H,1,10H2,2-3H3. The first kappa shape index (κ1) is 15.3. The zero-order chi connectivity index (χ0) is 15.2. The first-order chi connectivity index (χ1) is 10.1. The molecule has 0 aliphatic carbocycles. The Morgan fingerprint density at radius 2 is 2.05 bits per heavy atom. The van der Waals surface area contributed by atoms with E-state index in [1.165, 1.54) is 11.1 Å². The lowest BCUT2D eigenvalue weighted by atomic mass is 10.1. The molecule has 2 rings (SSSR count). The minimum Gasteiger partial charge on any atom is -0.488 e.